The van der Waals surface area contributed by atoms with Gasteiger partial charge in [0.2, 0.25) is 5.95 Å². The van der Waals surface area contributed by atoms with Crippen LogP contribution in [0, 0.1) is 5.92 Å². The van der Waals surface area contributed by atoms with Crippen LogP contribution in [0.2, 0.25) is 0 Å². The summed E-state index contributed by atoms with van der Waals surface area (Å²) in [4.78, 5) is 4.47. The highest BCUT2D eigenvalue weighted by atomic mass is 35.5. The van der Waals surface area contributed by atoms with E-state index in [1.165, 1.54) is 0 Å². The molecule has 0 radical (unpaired) electrons. The summed E-state index contributed by atoms with van der Waals surface area (Å²) in [5.74, 6) is 1.18. The fourth-order valence-corrected chi connectivity index (χ4v) is 2.24. The molecule has 0 aliphatic rings. The van der Waals surface area contributed by atoms with Crippen LogP contribution in [0.3, 0.4) is 0 Å². The molecule has 1 heterocycles. The topological polar surface area (TPSA) is 50.7 Å². The lowest BCUT2D eigenvalue weighted by Gasteiger charge is -2.13. The van der Waals surface area contributed by atoms with Crippen molar-refractivity contribution in [3.05, 3.63) is 11.4 Å². The van der Waals surface area contributed by atoms with Crippen LogP contribution in [0.4, 0.5) is 5.95 Å². The maximum absolute atomic E-state index is 6.22. The third-order valence-electron chi connectivity index (χ3n) is 2.72. The molecule has 0 aliphatic heterocycles. The van der Waals surface area contributed by atoms with Crippen LogP contribution in [0.1, 0.15) is 45.5 Å². The van der Waals surface area contributed by atoms with Gasteiger partial charge in [-0.3, -0.25) is 0 Å². The van der Waals surface area contributed by atoms with Crippen LogP contribution in [0.15, 0.2) is 0 Å². The molecule has 1 aromatic rings. The smallest absolute Gasteiger partial charge is 0.243 e. The summed E-state index contributed by atoms with van der Waals surface area (Å²) < 4.78 is 0. The summed E-state index contributed by atoms with van der Waals surface area (Å²) in [7, 11) is 0. The van der Waals surface area contributed by atoms with E-state index in [2.05, 4.69) is 48.2 Å². The predicted molar refractivity (Wildman–Crippen MR) is 76.2 cm³/mol. The van der Waals surface area contributed by atoms with Gasteiger partial charge in [0.1, 0.15) is 0 Å². The normalized spacial score (nSPS) is 12.8. The van der Waals surface area contributed by atoms with Crippen LogP contribution < -0.4 is 5.32 Å². The lowest BCUT2D eigenvalue weighted by atomic mass is 10.1. The minimum absolute atomic E-state index is 0.101. The van der Waals surface area contributed by atoms with Gasteiger partial charge in [0.05, 0.1) is 16.8 Å². The van der Waals surface area contributed by atoms with Crippen LogP contribution in [-0.4, -0.2) is 27.1 Å². The van der Waals surface area contributed by atoms with Gasteiger partial charge in [-0.05, 0) is 25.2 Å². The van der Waals surface area contributed by atoms with Crippen molar-refractivity contribution in [1.29, 1.82) is 0 Å². The minimum Gasteiger partial charge on any atom is -0.351 e. The first-order valence-corrected chi connectivity index (χ1v) is 7.10. The van der Waals surface area contributed by atoms with Gasteiger partial charge in [-0.1, -0.05) is 27.7 Å². The number of alkyl halides is 1. The maximum atomic E-state index is 6.22. The number of hydrogen-bond acceptors (Lipinski definition) is 4. The lowest BCUT2D eigenvalue weighted by Crippen LogP contribution is -2.18. The average Bonchev–Trinajstić information content (AvgIpc) is 2.35. The Hall–Kier alpha value is -0.900. The molecule has 0 saturated carbocycles. The van der Waals surface area contributed by atoms with Gasteiger partial charge in [-0.2, -0.15) is 5.10 Å². The summed E-state index contributed by atoms with van der Waals surface area (Å²) in [6, 6.07) is 0. The molecule has 1 unspecified atom stereocenters. The van der Waals surface area contributed by atoms with E-state index in [-0.39, 0.29) is 5.38 Å². The van der Waals surface area contributed by atoms with Gasteiger partial charge in [0.25, 0.3) is 0 Å². The minimum atomic E-state index is 0.101. The van der Waals surface area contributed by atoms with E-state index in [0.29, 0.717) is 18.4 Å². The summed E-state index contributed by atoms with van der Waals surface area (Å²) in [6.07, 6.45) is 2.73. The predicted octanol–water partition coefficient (Wildman–Crippen LogP) is 3.06. The number of anilines is 1. The number of aromatic nitrogens is 3. The van der Waals surface area contributed by atoms with Crippen LogP contribution in [0.25, 0.3) is 0 Å². The van der Waals surface area contributed by atoms with Gasteiger partial charge < -0.3 is 5.32 Å². The Labute approximate surface area is 115 Å². The van der Waals surface area contributed by atoms with E-state index < -0.39 is 0 Å². The Morgan fingerprint density at radius 2 is 1.78 bits per heavy atom. The van der Waals surface area contributed by atoms with Crippen LogP contribution in [0.5, 0.6) is 0 Å². The Balaban J connectivity index is 2.57. The van der Waals surface area contributed by atoms with Crippen molar-refractivity contribution >= 4 is 17.5 Å². The molecule has 0 bridgehead atoms. The molecule has 0 fully saturated rings. The number of nitrogens with one attached hydrogen (secondary N) is 1. The first kappa shape index (κ1) is 15.2. The molecule has 5 heteroatoms. The van der Waals surface area contributed by atoms with E-state index in [4.69, 9.17) is 11.6 Å². The average molecular weight is 271 g/mol. The molecule has 4 nitrogen and oxygen atoms in total. The Morgan fingerprint density at radius 1 is 1.11 bits per heavy atom. The third kappa shape index (κ3) is 4.77. The number of rotatable bonds is 7. The molecule has 0 saturated heterocycles. The molecule has 1 N–H and O–H groups in total. The van der Waals surface area contributed by atoms with Crippen molar-refractivity contribution in [3.8, 4) is 0 Å². The molecule has 18 heavy (non-hydrogen) atoms. The fourth-order valence-electron chi connectivity index (χ4n) is 1.81. The van der Waals surface area contributed by atoms with Crippen molar-refractivity contribution in [1.82, 2.24) is 15.2 Å². The summed E-state index contributed by atoms with van der Waals surface area (Å²) >= 11 is 6.22. The molecule has 102 valence electrons. The van der Waals surface area contributed by atoms with Gasteiger partial charge in [-0.25, -0.2) is 4.98 Å². The molecule has 1 rings (SSSR count). The second-order valence-corrected chi connectivity index (χ2v) is 5.46. The molecular formula is C13H23ClN4. The van der Waals surface area contributed by atoms with E-state index in [9.17, 15) is 0 Å². The molecule has 0 spiro atoms. The van der Waals surface area contributed by atoms with E-state index >= 15 is 0 Å². The third-order valence-corrected chi connectivity index (χ3v) is 3.05. The van der Waals surface area contributed by atoms with Crippen LogP contribution in [-0.2, 0) is 12.8 Å². The molecule has 1 atom stereocenters. The summed E-state index contributed by atoms with van der Waals surface area (Å²) in [6.45, 7) is 9.15. The number of hydrogen-bond donors (Lipinski definition) is 1. The molecule has 1 aromatic heterocycles. The first-order valence-electron chi connectivity index (χ1n) is 6.67. The quantitative estimate of drug-likeness (QED) is 0.774. The first-order chi connectivity index (χ1) is 8.56. The highest BCUT2D eigenvalue weighted by molar-refractivity contribution is 6.20. The zero-order chi connectivity index (χ0) is 13.5. The fraction of sp³-hybridized carbons (Fsp3) is 0.769. The molecule has 0 aromatic carbocycles. The number of aryl methyl sites for hydroxylation is 2. The largest absolute Gasteiger partial charge is 0.351 e. The zero-order valence-electron chi connectivity index (χ0n) is 11.7. The SMILES string of the molecule is CCc1nnc(NCC(Cl)CC(C)C)nc1CC. The maximum Gasteiger partial charge on any atom is 0.243 e. The second kappa shape index (κ2) is 7.52. The van der Waals surface area contributed by atoms with Crippen LogP contribution >= 0.6 is 11.6 Å². The second-order valence-electron chi connectivity index (χ2n) is 4.84. The van der Waals surface area contributed by atoms with Gasteiger partial charge in [0.15, 0.2) is 0 Å². The monoisotopic (exact) mass is 270 g/mol. The highest BCUT2D eigenvalue weighted by Gasteiger charge is 2.09. The molecule has 0 aliphatic carbocycles. The number of halogens is 1. The number of nitrogens with zero attached hydrogens (tertiary/aromatic N) is 3. The van der Waals surface area contributed by atoms with Gasteiger partial charge >= 0.3 is 0 Å². The lowest BCUT2D eigenvalue weighted by molar-refractivity contribution is 0.571. The van der Waals surface area contributed by atoms with Crippen molar-refractivity contribution in [2.75, 3.05) is 11.9 Å². The van der Waals surface area contributed by atoms with Gasteiger partial charge in [0, 0.05) is 6.54 Å². The van der Waals surface area contributed by atoms with Crippen molar-refractivity contribution in [2.45, 2.75) is 52.3 Å². The van der Waals surface area contributed by atoms with Crippen molar-refractivity contribution < 1.29 is 0 Å². The van der Waals surface area contributed by atoms with E-state index in [1.807, 2.05) is 0 Å². The van der Waals surface area contributed by atoms with Gasteiger partial charge in [-0.15, -0.1) is 16.7 Å². The Morgan fingerprint density at radius 3 is 2.33 bits per heavy atom. The Bertz CT molecular complexity index is 368. The van der Waals surface area contributed by atoms with E-state index in [1.54, 1.807) is 0 Å². The zero-order valence-corrected chi connectivity index (χ0v) is 12.5. The standard InChI is InChI=1S/C13H23ClN4/c1-5-11-12(6-2)17-18-13(16-11)15-8-10(14)7-9(3)4/h9-10H,5-8H2,1-4H3,(H,15,16,18). The summed E-state index contributed by atoms with van der Waals surface area (Å²) in [5.41, 5.74) is 2.00. The highest BCUT2D eigenvalue weighted by Crippen LogP contribution is 2.12. The van der Waals surface area contributed by atoms with Crippen molar-refractivity contribution in [2.24, 2.45) is 5.92 Å². The van der Waals surface area contributed by atoms with E-state index in [0.717, 1.165) is 30.7 Å². The Kier molecular flexibility index (Phi) is 6.33. The molecular weight excluding hydrogens is 248 g/mol. The summed E-state index contributed by atoms with van der Waals surface area (Å²) in [5, 5.41) is 11.5. The van der Waals surface area contributed by atoms with Crippen molar-refractivity contribution in [3.63, 3.8) is 0 Å². The molecule has 0 amide bonds.